The lowest BCUT2D eigenvalue weighted by atomic mass is 10.0. The molecule has 2 aliphatic rings. The molecule has 0 amide bonds. The van der Waals surface area contributed by atoms with Crippen LogP contribution < -0.4 is 10.6 Å². The monoisotopic (exact) mass is 543 g/mol. The van der Waals surface area contributed by atoms with Crippen LogP contribution >= 0.6 is 35.3 Å². The first-order valence-electron chi connectivity index (χ1n) is 10.8. The SMILES string of the molecule is Cc1nnc(CN=C(NC2CCCC2)NC2CCN(Cc3ccsc3)CC2)n1C.I. The summed E-state index contributed by atoms with van der Waals surface area (Å²) < 4.78 is 2.01. The fourth-order valence-corrected chi connectivity index (χ4v) is 4.86. The summed E-state index contributed by atoms with van der Waals surface area (Å²) in [4.78, 5) is 7.42. The van der Waals surface area contributed by atoms with E-state index in [0.29, 0.717) is 18.6 Å². The average Bonchev–Trinajstić information content (AvgIpc) is 3.47. The van der Waals surface area contributed by atoms with E-state index < -0.39 is 0 Å². The van der Waals surface area contributed by atoms with E-state index in [4.69, 9.17) is 4.99 Å². The summed E-state index contributed by atoms with van der Waals surface area (Å²) in [7, 11) is 2.00. The predicted molar refractivity (Wildman–Crippen MR) is 133 cm³/mol. The van der Waals surface area contributed by atoms with Gasteiger partial charge in [0, 0.05) is 38.8 Å². The molecule has 0 spiro atoms. The molecule has 30 heavy (non-hydrogen) atoms. The maximum Gasteiger partial charge on any atom is 0.192 e. The van der Waals surface area contributed by atoms with Crippen molar-refractivity contribution in [2.24, 2.45) is 12.0 Å². The second kappa shape index (κ2) is 11.4. The highest BCUT2D eigenvalue weighted by atomic mass is 127. The number of nitrogens with one attached hydrogen (secondary N) is 2. The van der Waals surface area contributed by atoms with Crippen LogP contribution in [0.25, 0.3) is 0 Å². The minimum atomic E-state index is 0. The molecule has 4 rings (SSSR count). The molecular weight excluding hydrogens is 509 g/mol. The van der Waals surface area contributed by atoms with Crippen LogP contribution in [0.2, 0.25) is 0 Å². The Hall–Kier alpha value is -1.20. The fraction of sp³-hybridized carbons (Fsp3) is 0.667. The van der Waals surface area contributed by atoms with Crippen LogP contribution in [0.3, 0.4) is 0 Å². The molecule has 0 bridgehead atoms. The zero-order chi connectivity index (χ0) is 20.1. The largest absolute Gasteiger partial charge is 0.354 e. The van der Waals surface area contributed by atoms with E-state index in [1.165, 1.54) is 31.2 Å². The molecule has 1 aliphatic heterocycles. The van der Waals surface area contributed by atoms with Gasteiger partial charge in [0.25, 0.3) is 0 Å². The molecule has 0 atom stereocenters. The zero-order valence-corrected chi connectivity index (χ0v) is 21.2. The van der Waals surface area contributed by atoms with Crippen molar-refractivity contribution in [3.8, 4) is 0 Å². The first-order valence-corrected chi connectivity index (χ1v) is 11.8. The highest BCUT2D eigenvalue weighted by Gasteiger charge is 2.22. The number of guanidine groups is 1. The van der Waals surface area contributed by atoms with E-state index in [-0.39, 0.29) is 24.0 Å². The highest BCUT2D eigenvalue weighted by molar-refractivity contribution is 14.0. The summed E-state index contributed by atoms with van der Waals surface area (Å²) in [6, 6.07) is 3.25. The molecular formula is C21H34IN7S. The van der Waals surface area contributed by atoms with Crippen molar-refractivity contribution in [2.45, 2.75) is 70.6 Å². The van der Waals surface area contributed by atoms with E-state index in [1.807, 2.05) is 18.5 Å². The Bertz CT molecular complexity index is 790. The van der Waals surface area contributed by atoms with Crippen molar-refractivity contribution < 1.29 is 0 Å². The maximum absolute atomic E-state index is 4.86. The molecule has 0 unspecified atom stereocenters. The Labute approximate surface area is 200 Å². The van der Waals surface area contributed by atoms with Gasteiger partial charge in [-0.1, -0.05) is 12.8 Å². The van der Waals surface area contributed by atoms with Gasteiger partial charge < -0.3 is 15.2 Å². The molecule has 166 valence electrons. The number of nitrogens with zero attached hydrogens (tertiary/aromatic N) is 5. The quantitative estimate of drug-likeness (QED) is 0.332. The fourth-order valence-electron chi connectivity index (χ4n) is 4.20. The lowest BCUT2D eigenvalue weighted by Crippen LogP contribution is -2.50. The Kier molecular flexibility index (Phi) is 8.94. The van der Waals surface area contributed by atoms with Gasteiger partial charge in [0.1, 0.15) is 12.4 Å². The number of likely N-dealkylation sites (tertiary alicyclic amines) is 1. The van der Waals surface area contributed by atoms with Gasteiger partial charge in [-0.05, 0) is 55.0 Å². The third-order valence-electron chi connectivity index (χ3n) is 6.17. The number of halogens is 1. The molecule has 1 aliphatic carbocycles. The molecule has 0 aromatic carbocycles. The van der Waals surface area contributed by atoms with Crippen LogP contribution in [0.15, 0.2) is 21.8 Å². The summed E-state index contributed by atoms with van der Waals surface area (Å²) in [6.07, 6.45) is 7.41. The Morgan fingerprint density at radius 3 is 2.43 bits per heavy atom. The number of aryl methyl sites for hydroxylation is 1. The van der Waals surface area contributed by atoms with Gasteiger partial charge in [-0.2, -0.15) is 11.3 Å². The number of aromatic nitrogens is 3. The first kappa shape index (κ1) is 23.5. The number of hydrogen-bond acceptors (Lipinski definition) is 5. The molecule has 2 aromatic rings. The third kappa shape index (κ3) is 6.40. The summed E-state index contributed by atoms with van der Waals surface area (Å²) >= 11 is 1.78. The van der Waals surface area contributed by atoms with Crippen LogP contribution in [0, 0.1) is 6.92 Å². The van der Waals surface area contributed by atoms with Gasteiger partial charge >= 0.3 is 0 Å². The number of hydrogen-bond donors (Lipinski definition) is 2. The van der Waals surface area contributed by atoms with E-state index >= 15 is 0 Å². The minimum absolute atomic E-state index is 0. The molecule has 3 heterocycles. The van der Waals surface area contributed by atoms with Gasteiger partial charge in [-0.15, -0.1) is 34.2 Å². The lowest BCUT2D eigenvalue weighted by Gasteiger charge is -2.33. The standard InChI is InChI=1S/C21H33N7S.HI/c1-16-25-26-20(27(16)2)13-22-21(23-18-5-3-4-6-18)24-19-7-10-28(11-8-19)14-17-9-12-29-15-17;/h9,12,15,18-19H,3-8,10-11,13-14H2,1-2H3,(H2,22,23,24);1H. The van der Waals surface area contributed by atoms with E-state index in [9.17, 15) is 0 Å². The van der Waals surface area contributed by atoms with Crippen molar-refractivity contribution in [3.05, 3.63) is 34.0 Å². The number of thiophene rings is 1. The summed E-state index contributed by atoms with van der Waals surface area (Å²) in [6.45, 7) is 5.86. The van der Waals surface area contributed by atoms with E-state index in [2.05, 4.69) is 42.6 Å². The second-order valence-corrected chi connectivity index (χ2v) is 9.12. The smallest absolute Gasteiger partial charge is 0.192 e. The molecule has 0 radical (unpaired) electrons. The summed E-state index contributed by atoms with van der Waals surface area (Å²) in [5.74, 6) is 2.76. The van der Waals surface area contributed by atoms with E-state index in [1.54, 1.807) is 11.3 Å². The van der Waals surface area contributed by atoms with Crippen LogP contribution in [0.4, 0.5) is 0 Å². The van der Waals surface area contributed by atoms with Gasteiger partial charge in [-0.25, -0.2) is 4.99 Å². The van der Waals surface area contributed by atoms with Crippen LogP contribution in [-0.2, 0) is 20.1 Å². The van der Waals surface area contributed by atoms with Crippen molar-refractivity contribution in [3.63, 3.8) is 0 Å². The van der Waals surface area contributed by atoms with Crippen molar-refractivity contribution in [2.75, 3.05) is 13.1 Å². The summed E-state index contributed by atoms with van der Waals surface area (Å²) in [5, 5.41) is 20.2. The molecule has 1 saturated heterocycles. The van der Waals surface area contributed by atoms with Gasteiger partial charge in [-0.3, -0.25) is 4.90 Å². The molecule has 2 aromatic heterocycles. The number of rotatable bonds is 6. The van der Waals surface area contributed by atoms with Gasteiger partial charge in [0.05, 0.1) is 0 Å². The number of aliphatic imine (C=N–C) groups is 1. The third-order valence-corrected chi connectivity index (χ3v) is 6.90. The van der Waals surface area contributed by atoms with Gasteiger partial charge in [0.15, 0.2) is 11.8 Å². The van der Waals surface area contributed by atoms with Crippen molar-refractivity contribution in [1.82, 2.24) is 30.3 Å². The zero-order valence-electron chi connectivity index (χ0n) is 18.0. The normalized spacial score (nSPS) is 19.1. The Morgan fingerprint density at radius 1 is 1.13 bits per heavy atom. The summed E-state index contributed by atoms with van der Waals surface area (Å²) in [5.41, 5.74) is 1.44. The Morgan fingerprint density at radius 2 is 1.83 bits per heavy atom. The second-order valence-electron chi connectivity index (χ2n) is 8.34. The molecule has 1 saturated carbocycles. The highest BCUT2D eigenvalue weighted by Crippen LogP contribution is 2.18. The van der Waals surface area contributed by atoms with Crippen LogP contribution in [0.5, 0.6) is 0 Å². The van der Waals surface area contributed by atoms with Gasteiger partial charge in [0.2, 0.25) is 0 Å². The van der Waals surface area contributed by atoms with Crippen LogP contribution in [0.1, 0.15) is 55.7 Å². The van der Waals surface area contributed by atoms with E-state index in [0.717, 1.165) is 50.1 Å². The minimum Gasteiger partial charge on any atom is -0.354 e. The first-order chi connectivity index (χ1) is 14.2. The molecule has 9 heteroatoms. The maximum atomic E-state index is 4.86. The van der Waals surface area contributed by atoms with Crippen molar-refractivity contribution >= 4 is 41.3 Å². The Balaban J connectivity index is 0.00000256. The topological polar surface area (TPSA) is 70.4 Å². The van der Waals surface area contributed by atoms with Crippen LogP contribution in [-0.4, -0.2) is 50.8 Å². The number of piperidine rings is 1. The predicted octanol–water partition coefficient (Wildman–Crippen LogP) is 3.45. The molecule has 2 fully saturated rings. The van der Waals surface area contributed by atoms with Crippen molar-refractivity contribution in [1.29, 1.82) is 0 Å². The lowest BCUT2D eigenvalue weighted by molar-refractivity contribution is 0.198. The average molecular weight is 544 g/mol. The molecule has 2 N–H and O–H groups in total. The molecule has 7 nitrogen and oxygen atoms in total.